The van der Waals surface area contributed by atoms with Crippen molar-refractivity contribution in [2.45, 2.75) is 32.0 Å². The first-order chi connectivity index (χ1) is 9.09. The molecule has 112 valence electrons. The first kappa shape index (κ1) is 16.4. The summed E-state index contributed by atoms with van der Waals surface area (Å²) in [5.74, 6) is -7.63. The summed E-state index contributed by atoms with van der Waals surface area (Å²) in [7, 11) is 0.912. The summed E-state index contributed by atoms with van der Waals surface area (Å²) in [4.78, 5) is 11.6. The Morgan fingerprint density at radius 1 is 1.05 bits per heavy atom. The second-order valence-corrected chi connectivity index (χ2v) is 4.40. The van der Waals surface area contributed by atoms with Gasteiger partial charge in [-0.05, 0) is 17.5 Å². The number of halogens is 5. The van der Waals surface area contributed by atoms with Gasteiger partial charge in [0.15, 0.2) is 0 Å². The summed E-state index contributed by atoms with van der Waals surface area (Å²) in [6, 6.07) is 6.65. The molecule has 0 saturated carbocycles. The lowest BCUT2D eigenvalue weighted by Crippen LogP contribution is -2.50. The molecule has 0 unspecified atom stereocenters. The molecule has 1 aromatic rings. The number of aryl methyl sites for hydroxylation is 1. The molecule has 2 nitrogen and oxygen atoms in total. The second-order valence-electron chi connectivity index (χ2n) is 4.40. The maximum absolute atomic E-state index is 12.9. The van der Waals surface area contributed by atoms with Crippen molar-refractivity contribution in [2.75, 3.05) is 7.05 Å². The highest BCUT2D eigenvalue weighted by Gasteiger charge is 2.64. The lowest BCUT2D eigenvalue weighted by atomic mass is 10.1. The van der Waals surface area contributed by atoms with Gasteiger partial charge >= 0.3 is 18.0 Å². The molecule has 7 heteroatoms. The van der Waals surface area contributed by atoms with Gasteiger partial charge < -0.3 is 4.90 Å². The second kappa shape index (κ2) is 5.76. The van der Waals surface area contributed by atoms with Gasteiger partial charge in [0.2, 0.25) is 0 Å². The maximum atomic E-state index is 12.9. The summed E-state index contributed by atoms with van der Waals surface area (Å²) in [6.45, 7) is 1.61. The van der Waals surface area contributed by atoms with Gasteiger partial charge in [-0.1, -0.05) is 31.2 Å². The van der Waals surface area contributed by atoms with E-state index in [1.807, 2.05) is 6.92 Å². The minimum atomic E-state index is -5.88. The van der Waals surface area contributed by atoms with E-state index in [2.05, 4.69) is 0 Å². The highest BCUT2D eigenvalue weighted by atomic mass is 19.4. The molecule has 1 amide bonds. The van der Waals surface area contributed by atoms with E-state index in [1.54, 1.807) is 24.3 Å². The van der Waals surface area contributed by atoms with Gasteiger partial charge in [0, 0.05) is 13.6 Å². The largest absolute Gasteiger partial charge is 0.463 e. The molecule has 20 heavy (non-hydrogen) atoms. The molecule has 0 heterocycles. The molecule has 0 N–H and O–H groups in total. The van der Waals surface area contributed by atoms with Crippen molar-refractivity contribution in [3.05, 3.63) is 35.4 Å². The molecular formula is C13H14F5NO. The molecule has 0 atom stereocenters. The van der Waals surface area contributed by atoms with Gasteiger partial charge in [0.1, 0.15) is 0 Å². The van der Waals surface area contributed by atoms with E-state index in [0.717, 1.165) is 19.0 Å². The van der Waals surface area contributed by atoms with Crippen LogP contribution in [0.1, 0.15) is 18.1 Å². The van der Waals surface area contributed by atoms with Crippen molar-refractivity contribution < 1.29 is 26.7 Å². The lowest BCUT2D eigenvalue weighted by molar-refractivity contribution is -0.274. The number of carbonyl (C=O) groups is 1. The minimum Gasteiger partial charge on any atom is -0.336 e. The fourth-order valence-corrected chi connectivity index (χ4v) is 1.59. The van der Waals surface area contributed by atoms with Crippen LogP contribution in [0.25, 0.3) is 0 Å². The maximum Gasteiger partial charge on any atom is 0.463 e. The summed E-state index contributed by atoms with van der Waals surface area (Å²) < 4.78 is 62.0. The topological polar surface area (TPSA) is 20.3 Å². The van der Waals surface area contributed by atoms with Crippen LogP contribution in [-0.2, 0) is 17.8 Å². The van der Waals surface area contributed by atoms with Gasteiger partial charge in [-0.3, -0.25) is 4.79 Å². The van der Waals surface area contributed by atoms with Crippen molar-refractivity contribution in [3.63, 3.8) is 0 Å². The fourth-order valence-electron chi connectivity index (χ4n) is 1.59. The normalized spacial score (nSPS) is 12.3. The molecule has 0 radical (unpaired) electrons. The minimum absolute atomic E-state index is 0.311. The van der Waals surface area contributed by atoms with Crippen LogP contribution in [0.15, 0.2) is 24.3 Å². The van der Waals surface area contributed by atoms with Crippen molar-refractivity contribution in [3.8, 4) is 0 Å². The number of alkyl halides is 5. The number of nitrogens with zero attached hydrogens (tertiary/aromatic N) is 1. The van der Waals surface area contributed by atoms with Gasteiger partial charge in [-0.2, -0.15) is 22.0 Å². The van der Waals surface area contributed by atoms with Crippen LogP contribution in [0.2, 0.25) is 0 Å². The first-order valence-electron chi connectivity index (χ1n) is 5.87. The van der Waals surface area contributed by atoms with Crippen molar-refractivity contribution in [1.82, 2.24) is 4.90 Å². The molecule has 0 aliphatic heterocycles. The van der Waals surface area contributed by atoms with Gasteiger partial charge in [-0.15, -0.1) is 0 Å². The molecular weight excluding hydrogens is 281 g/mol. The molecule has 1 aromatic carbocycles. The van der Waals surface area contributed by atoms with Gasteiger partial charge in [-0.25, -0.2) is 0 Å². The summed E-state index contributed by atoms with van der Waals surface area (Å²) >= 11 is 0. The van der Waals surface area contributed by atoms with E-state index in [9.17, 15) is 26.7 Å². The van der Waals surface area contributed by atoms with Crippen LogP contribution in [-0.4, -0.2) is 30.0 Å². The van der Waals surface area contributed by atoms with Crippen molar-refractivity contribution >= 4 is 5.91 Å². The lowest BCUT2D eigenvalue weighted by Gasteiger charge is -2.24. The summed E-state index contributed by atoms with van der Waals surface area (Å²) in [5, 5.41) is 0. The SMILES string of the molecule is CCc1ccc(CN(C)C(=O)C(F)(F)C(F)(F)F)cc1. The predicted molar refractivity (Wildman–Crippen MR) is 63.3 cm³/mol. The van der Waals surface area contributed by atoms with E-state index < -0.39 is 18.0 Å². The average molecular weight is 295 g/mol. The number of amides is 1. The Kier molecular flexibility index (Phi) is 4.73. The zero-order chi connectivity index (χ0) is 15.6. The molecule has 0 aromatic heterocycles. The molecule has 0 aliphatic carbocycles. The number of benzene rings is 1. The van der Waals surface area contributed by atoms with Crippen molar-refractivity contribution in [2.24, 2.45) is 0 Å². The highest BCUT2D eigenvalue weighted by molar-refractivity contribution is 5.84. The quantitative estimate of drug-likeness (QED) is 0.780. The van der Waals surface area contributed by atoms with E-state index >= 15 is 0 Å². The van der Waals surface area contributed by atoms with Crippen LogP contribution >= 0.6 is 0 Å². The molecule has 0 aliphatic rings. The molecule has 0 fully saturated rings. The Hall–Kier alpha value is -1.66. The Balaban J connectivity index is 2.80. The summed E-state index contributed by atoms with van der Waals surface area (Å²) in [6.07, 6.45) is -5.11. The molecule has 1 rings (SSSR count). The van der Waals surface area contributed by atoms with Gasteiger partial charge in [0.25, 0.3) is 0 Å². The number of carbonyl (C=O) groups excluding carboxylic acids is 1. The molecule has 0 bridgehead atoms. The Labute approximate surface area is 113 Å². The van der Waals surface area contributed by atoms with Crippen LogP contribution < -0.4 is 0 Å². The smallest absolute Gasteiger partial charge is 0.336 e. The standard InChI is InChI=1S/C13H14F5NO/c1-3-9-4-6-10(7-5-9)8-19(2)11(20)12(14,15)13(16,17)18/h4-7H,3,8H2,1-2H3. The zero-order valence-corrected chi connectivity index (χ0v) is 11.0. The van der Waals surface area contributed by atoms with Crippen LogP contribution in [0, 0.1) is 0 Å². The molecule has 0 spiro atoms. The Bertz CT molecular complexity index is 467. The highest BCUT2D eigenvalue weighted by Crippen LogP contribution is 2.36. The summed E-state index contributed by atoms with van der Waals surface area (Å²) in [5.41, 5.74) is 1.49. The predicted octanol–water partition coefficient (Wildman–Crippen LogP) is 3.41. The number of hydrogen-bond donors (Lipinski definition) is 0. The number of rotatable bonds is 4. The average Bonchev–Trinajstić information content (AvgIpc) is 2.37. The monoisotopic (exact) mass is 295 g/mol. The van der Waals surface area contributed by atoms with Crippen LogP contribution in [0.4, 0.5) is 22.0 Å². The van der Waals surface area contributed by atoms with E-state index in [4.69, 9.17) is 0 Å². The fraction of sp³-hybridized carbons (Fsp3) is 0.462. The molecule has 0 saturated heterocycles. The van der Waals surface area contributed by atoms with E-state index in [0.29, 0.717) is 10.5 Å². The first-order valence-corrected chi connectivity index (χ1v) is 5.87. The van der Waals surface area contributed by atoms with Crippen molar-refractivity contribution in [1.29, 1.82) is 0 Å². The third-order valence-corrected chi connectivity index (χ3v) is 2.82. The third-order valence-electron chi connectivity index (χ3n) is 2.82. The Morgan fingerprint density at radius 2 is 1.50 bits per heavy atom. The van der Waals surface area contributed by atoms with Gasteiger partial charge in [0.05, 0.1) is 0 Å². The number of hydrogen-bond acceptors (Lipinski definition) is 1. The zero-order valence-electron chi connectivity index (χ0n) is 11.0. The Morgan fingerprint density at radius 3 is 1.90 bits per heavy atom. The van der Waals surface area contributed by atoms with Crippen LogP contribution in [0.3, 0.4) is 0 Å². The van der Waals surface area contributed by atoms with Crippen LogP contribution in [0.5, 0.6) is 0 Å². The van der Waals surface area contributed by atoms with E-state index in [1.165, 1.54) is 0 Å². The van der Waals surface area contributed by atoms with E-state index in [-0.39, 0.29) is 6.54 Å². The third kappa shape index (κ3) is 3.46.